The van der Waals surface area contributed by atoms with E-state index in [4.69, 9.17) is 10.00 Å². The van der Waals surface area contributed by atoms with Gasteiger partial charge in [-0.2, -0.15) is 15.5 Å². The molecule has 4 rings (SSSR count). The Morgan fingerprint density at radius 1 is 1.12 bits per heavy atom. The van der Waals surface area contributed by atoms with E-state index in [9.17, 15) is 0 Å². The zero-order chi connectivity index (χ0) is 17.1. The fourth-order valence-corrected chi connectivity index (χ4v) is 3.10. The highest BCUT2D eigenvalue weighted by molar-refractivity contribution is 5.66. The molecule has 0 amide bonds. The summed E-state index contributed by atoms with van der Waals surface area (Å²) >= 11 is 0. The zero-order valence-corrected chi connectivity index (χ0v) is 13.6. The first-order valence-corrected chi connectivity index (χ1v) is 8.26. The predicted molar refractivity (Wildman–Crippen MR) is 92.8 cm³/mol. The van der Waals surface area contributed by atoms with E-state index < -0.39 is 0 Å². The molecule has 0 radical (unpaired) electrons. The van der Waals surface area contributed by atoms with Crippen LogP contribution in [0, 0.1) is 11.3 Å². The molecule has 5 heteroatoms. The maximum Gasteiger partial charge on any atom is 0.214 e. The summed E-state index contributed by atoms with van der Waals surface area (Å²) in [4.78, 5) is 4.67. The standard InChI is InChI=1S/C20H16N4O/c21-12-14-6-8-15(9-7-14)13-25-20-11-17(19-5-2-10-22-24-19)16-3-1-4-18(16)23-20/h2,5-11H,1,3-4,13H2. The van der Waals surface area contributed by atoms with Gasteiger partial charge in [0.05, 0.1) is 17.3 Å². The molecule has 0 saturated heterocycles. The molecule has 5 nitrogen and oxygen atoms in total. The van der Waals surface area contributed by atoms with Crippen molar-refractivity contribution in [1.82, 2.24) is 15.2 Å². The highest BCUT2D eigenvalue weighted by Gasteiger charge is 2.20. The molecule has 3 aromatic rings. The van der Waals surface area contributed by atoms with Crippen LogP contribution in [0.4, 0.5) is 0 Å². The quantitative estimate of drug-likeness (QED) is 0.733. The zero-order valence-electron chi connectivity index (χ0n) is 13.6. The lowest BCUT2D eigenvalue weighted by Crippen LogP contribution is -2.02. The van der Waals surface area contributed by atoms with Gasteiger partial charge in [0, 0.05) is 23.5 Å². The molecule has 0 spiro atoms. The van der Waals surface area contributed by atoms with Gasteiger partial charge in [0.15, 0.2) is 0 Å². The molecular formula is C20H16N4O. The van der Waals surface area contributed by atoms with Gasteiger partial charge in [-0.3, -0.25) is 0 Å². The predicted octanol–water partition coefficient (Wildman–Crippen LogP) is 3.48. The van der Waals surface area contributed by atoms with Crippen LogP contribution in [0.5, 0.6) is 5.88 Å². The molecule has 1 aromatic carbocycles. The number of aryl methyl sites for hydroxylation is 1. The first-order chi connectivity index (χ1) is 12.3. The van der Waals surface area contributed by atoms with Crippen LogP contribution in [-0.4, -0.2) is 15.2 Å². The minimum absolute atomic E-state index is 0.414. The van der Waals surface area contributed by atoms with E-state index in [-0.39, 0.29) is 0 Å². The van der Waals surface area contributed by atoms with Gasteiger partial charge in [0.25, 0.3) is 0 Å². The lowest BCUT2D eigenvalue weighted by atomic mass is 10.0. The molecule has 122 valence electrons. The molecule has 0 bridgehead atoms. The van der Waals surface area contributed by atoms with E-state index in [2.05, 4.69) is 21.3 Å². The number of ether oxygens (including phenoxy) is 1. The number of hydrogen-bond acceptors (Lipinski definition) is 5. The van der Waals surface area contributed by atoms with Crippen molar-refractivity contribution >= 4 is 0 Å². The summed E-state index contributed by atoms with van der Waals surface area (Å²) in [7, 11) is 0. The van der Waals surface area contributed by atoms with Crippen molar-refractivity contribution in [2.45, 2.75) is 25.9 Å². The van der Waals surface area contributed by atoms with Crippen molar-refractivity contribution in [3.8, 4) is 23.2 Å². The average molecular weight is 328 g/mol. The van der Waals surface area contributed by atoms with Crippen molar-refractivity contribution in [1.29, 1.82) is 5.26 Å². The van der Waals surface area contributed by atoms with Gasteiger partial charge in [0.2, 0.25) is 5.88 Å². The highest BCUT2D eigenvalue weighted by Crippen LogP contribution is 2.33. The SMILES string of the molecule is N#Cc1ccc(COc2cc(-c3cccnn3)c3c(n2)CCC3)cc1. The molecule has 25 heavy (non-hydrogen) atoms. The second kappa shape index (κ2) is 6.70. The maximum atomic E-state index is 8.86. The van der Waals surface area contributed by atoms with Crippen LogP contribution in [0.15, 0.2) is 48.7 Å². The Balaban J connectivity index is 1.61. The third-order valence-electron chi connectivity index (χ3n) is 4.34. The number of nitrogens with zero attached hydrogens (tertiary/aromatic N) is 4. The van der Waals surface area contributed by atoms with Crippen molar-refractivity contribution in [3.05, 3.63) is 71.0 Å². The molecule has 0 N–H and O–H groups in total. The Labute approximate surface area is 145 Å². The summed E-state index contributed by atoms with van der Waals surface area (Å²) in [6, 6.07) is 15.3. The number of rotatable bonds is 4. The Morgan fingerprint density at radius 3 is 2.76 bits per heavy atom. The number of aromatic nitrogens is 3. The maximum absolute atomic E-state index is 8.86. The Hall–Kier alpha value is -3.26. The van der Waals surface area contributed by atoms with Crippen molar-refractivity contribution in [2.24, 2.45) is 0 Å². The fourth-order valence-electron chi connectivity index (χ4n) is 3.10. The summed E-state index contributed by atoms with van der Waals surface area (Å²) in [5.41, 5.74) is 5.91. The van der Waals surface area contributed by atoms with Crippen LogP contribution in [0.25, 0.3) is 11.3 Å². The van der Waals surface area contributed by atoms with E-state index in [1.54, 1.807) is 18.3 Å². The third-order valence-corrected chi connectivity index (χ3v) is 4.34. The van der Waals surface area contributed by atoms with Crippen LogP contribution in [0.1, 0.15) is 28.8 Å². The monoisotopic (exact) mass is 328 g/mol. The number of pyridine rings is 1. The largest absolute Gasteiger partial charge is 0.473 e. The van der Waals surface area contributed by atoms with Gasteiger partial charge in [-0.05, 0) is 54.7 Å². The van der Waals surface area contributed by atoms with Crippen molar-refractivity contribution in [2.75, 3.05) is 0 Å². The summed E-state index contributed by atoms with van der Waals surface area (Å²) in [5.74, 6) is 0.602. The Morgan fingerprint density at radius 2 is 2.00 bits per heavy atom. The van der Waals surface area contributed by atoms with Gasteiger partial charge < -0.3 is 4.74 Å². The minimum Gasteiger partial charge on any atom is -0.473 e. The van der Waals surface area contributed by atoms with E-state index >= 15 is 0 Å². The smallest absolute Gasteiger partial charge is 0.214 e. The van der Waals surface area contributed by atoms with Gasteiger partial charge in [-0.1, -0.05) is 12.1 Å². The van der Waals surface area contributed by atoms with Crippen LogP contribution in [0.3, 0.4) is 0 Å². The first kappa shape index (κ1) is 15.3. The Bertz CT molecular complexity index is 930. The number of benzene rings is 1. The lowest BCUT2D eigenvalue weighted by molar-refractivity contribution is 0.293. The number of nitriles is 1. The first-order valence-electron chi connectivity index (χ1n) is 8.26. The Kier molecular flexibility index (Phi) is 4.09. The topological polar surface area (TPSA) is 71.7 Å². The second-order valence-electron chi connectivity index (χ2n) is 5.99. The summed E-state index contributed by atoms with van der Waals surface area (Å²) in [5, 5.41) is 17.1. The molecule has 0 saturated carbocycles. The van der Waals surface area contributed by atoms with Gasteiger partial charge in [0.1, 0.15) is 6.61 Å². The second-order valence-corrected chi connectivity index (χ2v) is 5.99. The van der Waals surface area contributed by atoms with Gasteiger partial charge in [-0.15, -0.1) is 0 Å². The molecule has 2 heterocycles. The number of fused-ring (bicyclic) bond motifs is 1. The molecule has 0 fully saturated rings. The van der Waals surface area contributed by atoms with Crippen LogP contribution >= 0.6 is 0 Å². The molecule has 0 unspecified atom stereocenters. The van der Waals surface area contributed by atoms with Crippen molar-refractivity contribution in [3.63, 3.8) is 0 Å². The summed E-state index contributed by atoms with van der Waals surface area (Å²) in [6.45, 7) is 0.414. The van der Waals surface area contributed by atoms with Crippen LogP contribution < -0.4 is 4.74 Å². The normalized spacial score (nSPS) is 12.4. The molecule has 0 aliphatic heterocycles. The molecule has 2 aromatic heterocycles. The fraction of sp³-hybridized carbons (Fsp3) is 0.200. The third kappa shape index (κ3) is 3.20. The van der Waals surface area contributed by atoms with Crippen molar-refractivity contribution < 1.29 is 4.74 Å². The average Bonchev–Trinajstić information content (AvgIpc) is 3.15. The van der Waals surface area contributed by atoms with E-state index in [0.717, 1.165) is 41.8 Å². The highest BCUT2D eigenvalue weighted by atomic mass is 16.5. The minimum atomic E-state index is 0.414. The van der Waals surface area contributed by atoms with Crippen LogP contribution in [0.2, 0.25) is 0 Å². The van der Waals surface area contributed by atoms with E-state index in [1.165, 1.54) is 5.56 Å². The van der Waals surface area contributed by atoms with E-state index in [0.29, 0.717) is 18.1 Å². The summed E-state index contributed by atoms with van der Waals surface area (Å²) < 4.78 is 5.91. The molecule has 1 aliphatic rings. The molecule has 1 aliphatic carbocycles. The van der Waals surface area contributed by atoms with Gasteiger partial charge in [-0.25, -0.2) is 4.98 Å². The van der Waals surface area contributed by atoms with Crippen LogP contribution in [-0.2, 0) is 19.4 Å². The van der Waals surface area contributed by atoms with Gasteiger partial charge >= 0.3 is 0 Å². The lowest BCUT2D eigenvalue weighted by Gasteiger charge is -2.11. The molecule has 0 atom stereocenters. The van der Waals surface area contributed by atoms with E-state index in [1.807, 2.05) is 30.3 Å². The summed E-state index contributed by atoms with van der Waals surface area (Å²) in [6.07, 6.45) is 4.77. The molecular weight excluding hydrogens is 312 g/mol. The number of hydrogen-bond donors (Lipinski definition) is 0.